The molecular formula is C20H22N4O4. The van der Waals surface area contributed by atoms with Gasteiger partial charge in [0.1, 0.15) is 5.69 Å². The number of aryl methyl sites for hydroxylation is 1. The van der Waals surface area contributed by atoms with E-state index in [1.54, 1.807) is 23.1 Å². The molecule has 0 spiro atoms. The van der Waals surface area contributed by atoms with Gasteiger partial charge in [-0.15, -0.1) is 0 Å². The molecule has 3 rings (SSSR count). The van der Waals surface area contributed by atoms with Crippen LogP contribution in [0.15, 0.2) is 48.5 Å². The van der Waals surface area contributed by atoms with Crippen LogP contribution >= 0.6 is 0 Å². The van der Waals surface area contributed by atoms with Crippen molar-refractivity contribution in [2.75, 3.05) is 29.9 Å². The van der Waals surface area contributed by atoms with Crippen molar-refractivity contribution in [3.8, 4) is 0 Å². The van der Waals surface area contributed by atoms with Crippen LogP contribution in [-0.4, -0.2) is 36.4 Å². The average molecular weight is 382 g/mol. The lowest BCUT2D eigenvalue weighted by atomic mass is 10.1. The van der Waals surface area contributed by atoms with E-state index in [9.17, 15) is 19.7 Å². The van der Waals surface area contributed by atoms with Gasteiger partial charge < -0.3 is 15.5 Å². The summed E-state index contributed by atoms with van der Waals surface area (Å²) in [4.78, 5) is 36.8. The third-order valence-corrected chi connectivity index (χ3v) is 4.68. The van der Waals surface area contributed by atoms with Crippen LogP contribution in [-0.2, 0) is 9.59 Å². The number of nitrogens with one attached hydrogen (secondary N) is 2. The number of amides is 2. The minimum Gasteiger partial charge on any atom is -0.378 e. The van der Waals surface area contributed by atoms with E-state index >= 15 is 0 Å². The van der Waals surface area contributed by atoms with Crippen LogP contribution in [0.5, 0.6) is 0 Å². The Morgan fingerprint density at radius 3 is 2.61 bits per heavy atom. The molecule has 0 aromatic heterocycles. The van der Waals surface area contributed by atoms with Crippen LogP contribution in [0, 0.1) is 23.0 Å². The molecule has 1 atom stereocenters. The molecule has 2 aromatic carbocycles. The maximum absolute atomic E-state index is 12.4. The van der Waals surface area contributed by atoms with Crippen LogP contribution < -0.4 is 15.5 Å². The highest BCUT2D eigenvalue weighted by molar-refractivity contribution is 6.00. The van der Waals surface area contributed by atoms with Gasteiger partial charge in [-0.2, -0.15) is 0 Å². The van der Waals surface area contributed by atoms with Gasteiger partial charge in [-0.25, -0.2) is 0 Å². The second-order valence-electron chi connectivity index (χ2n) is 6.73. The monoisotopic (exact) mass is 382 g/mol. The summed E-state index contributed by atoms with van der Waals surface area (Å²) in [6.07, 6.45) is 0.178. The fraction of sp³-hybridized carbons (Fsp3) is 0.300. The molecule has 8 heteroatoms. The topological polar surface area (TPSA) is 105 Å². The Morgan fingerprint density at radius 1 is 1.18 bits per heavy atom. The van der Waals surface area contributed by atoms with E-state index in [1.807, 2.05) is 31.2 Å². The molecule has 2 amide bonds. The van der Waals surface area contributed by atoms with Gasteiger partial charge in [0.15, 0.2) is 0 Å². The second kappa shape index (κ2) is 8.51. The van der Waals surface area contributed by atoms with Gasteiger partial charge in [0, 0.05) is 37.8 Å². The molecule has 0 aliphatic carbocycles. The molecule has 2 aromatic rings. The lowest BCUT2D eigenvalue weighted by molar-refractivity contribution is -0.384. The Labute approximate surface area is 162 Å². The van der Waals surface area contributed by atoms with Crippen LogP contribution in [0.1, 0.15) is 12.0 Å². The Bertz CT molecular complexity index is 882. The number of nitro benzene ring substituents is 1. The van der Waals surface area contributed by atoms with Crippen molar-refractivity contribution in [2.24, 2.45) is 5.92 Å². The molecule has 0 radical (unpaired) electrons. The number of benzene rings is 2. The highest BCUT2D eigenvalue weighted by atomic mass is 16.6. The summed E-state index contributed by atoms with van der Waals surface area (Å²) in [6.45, 7) is 2.98. The molecular weight excluding hydrogens is 360 g/mol. The zero-order valence-corrected chi connectivity index (χ0v) is 15.6. The number of hydrogen-bond acceptors (Lipinski definition) is 5. The number of anilines is 2. The van der Waals surface area contributed by atoms with Crippen LogP contribution in [0.25, 0.3) is 0 Å². The summed E-state index contributed by atoms with van der Waals surface area (Å²) in [5, 5.41) is 16.7. The zero-order chi connectivity index (χ0) is 20.1. The summed E-state index contributed by atoms with van der Waals surface area (Å²) in [7, 11) is 0. The van der Waals surface area contributed by atoms with Crippen molar-refractivity contribution < 1.29 is 14.5 Å². The SMILES string of the molecule is Cc1ccc(N2CC(C(=O)NCCNc3ccccc3[N+](=O)[O-])CC2=O)cc1. The van der Waals surface area contributed by atoms with Crippen molar-refractivity contribution in [3.63, 3.8) is 0 Å². The van der Waals surface area contributed by atoms with E-state index in [1.165, 1.54) is 6.07 Å². The first-order valence-electron chi connectivity index (χ1n) is 9.07. The summed E-state index contributed by atoms with van der Waals surface area (Å²) in [6, 6.07) is 14.0. The number of hydrogen-bond donors (Lipinski definition) is 2. The number of nitro groups is 1. The molecule has 1 heterocycles. The molecule has 0 bridgehead atoms. The van der Waals surface area contributed by atoms with E-state index in [0.29, 0.717) is 25.3 Å². The highest BCUT2D eigenvalue weighted by Crippen LogP contribution is 2.25. The minimum atomic E-state index is -0.454. The summed E-state index contributed by atoms with van der Waals surface area (Å²) in [5.74, 6) is -0.658. The van der Waals surface area contributed by atoms with Crippen LogP contribution in [0.3, 0.4) is 0 Å². The largest absolute Gasteiger partial charge is 0.378 e. The van der Waals surface area contributed by atoms with Crippen molar-refractivity contribution in [1.29, 1.82) is 0 Å². The van der Waals surface area contributed by atoms with E-state index in [2.05, 4.69) is 10.6 Å². The standard InChI is InChI=1S/C20H22N4O4/c1-14-6-8-16(9-7-14)23-13-15(12-19(23)25)20(26)22-11-10-21-17-4-2-3-5-18(17)24(27)28/h2-9,15,21H,10-13H2,1H3,(H,22,26). The third-order valence-electron chi connectivity index (χ3n) is 4.68. The van der Waals surface area contributed by atoms with Gasteiger partial charge in [0.05, 0.1) is 10.8 Å². The maximum Gasteiger partial charge on any atom is 0.292 e. The summed E-state index contributed by atoms with van der Waals surface area (Å²) in [5.41, 5.74) is 2.30. The summed E-state index contributed by atoms with van der Waals surface area (Å²) < 4.78 is 0. The van der Waals surface area contributed by atoms with E-state index in [-0.39, 0.29) is 23.9 Å². The molecule has 1 aliphatic heterocycles. The molecule has 1 fully saturated rings. The van der Waals surface area contributed by atoms with Gasteiger partial charge in [-0.05, 0) is 25.1 Å². The van der Waals surface area contributed by atoms with Crippen LogP contribution in [0.2, 0.25) is 0 Å². The predicted molar refractivity (Wildman–Crippen MR) is 106 cm³/mol. The molecule has 8 nitrogen and oxygen atoms in total. The van der Waals surface area contributed by atoms with Crippen molar-refractivity contribution in [2.45, 2.75) is 13.3 Å². The molecule has 1 aliphatic rings. The Hall–Kier alpha value is -3.42. The van der Waals surface area contributed by atoms with Gasteiger partial charge in [0.2, 0.25) is 11.8 Å². The number of rotatable bonds is 7. The van der Waals surface area contributed by atoms with Gasteiger partial charge >= 0.3 is 0 Å². The van der Waals surface area contributed by atoms with Crippen molar-refractivity contribution in [3.05, 3.63) is 64.2 Å². The minimum absolute atomic E-state index is 0.0102. The first-order chi connectivity index (χ1) is 13.5. The predicted octanol–water partition coefficient (Wildman–Crippen LogP) is 2.48. The molecule has 0 saturated carbocycles. The average Bonchev–Trinajstić information content (AvgIpc) is 3.07. The van der Waals surface area contributed by atoms with E-state index in [0.717, 1.165) is 11.3 Å². The van der Waals surface area contributed by atoms with Crippen molar-refractivity contribution >= 4 is 28.9 Å². The first-order valence-corrected chi connectivity index (χ1v) is 9.07. The third kappa shape index (κ3) is 4.46. The lowest BCUT2D eigenvalue weighted by Crippen LogP contribution is -2.35. The smallest absolute Gasteiger partial charge is 0.292 e. The maximum atomic E-state index is 12.4. The van der Waals surface area contributed by atoms with Gasteiger partial charge in [-0.1, -0.05) is 29.8 Å². The molecule has 2 N–H and O–H groups in total. The Morgan fingerprint density at radius 2 is 1.89 bits per heavy atom. The molecule has 28 heavy (non-hydrogen) atoms. The first kappa shape index (κ1) is 19.3. The second-order valence-corrected chi connectivity index (χ2v) is 6.73. The number of carbonyl (C=O) groups excluding carboxylic acids is 2. The Kier molecular flexibility index (Phi) is 5.88. The Balaban J connectivity index is 1.49. The molecule has 1 saturated heterocycles. The quantitative estimate of drug-likeness (QED) is 0.435. The van der Waals surface area contributed by atoms with Gasteiger partial charge in [-0.3, -0.25) is 19.7 Å². The van der Waals surface area contributed by atoms with E-state index in [4.69, 9.17) is 0 Å². The highest BCUT2D eigenvalue weighted by Gasteiger charge is 2.34. The molecule has 146 valence electrons. The van der Waals surface area contributed by atoms with Crippen LogP contribution in [0.4, 0.5) is 17.1 Å². The zero-order valence-electron chi connectivity index (χ0n) is 15.6. The lowest BCUT2D eigenvalue weighted by Gasteiger charge is -2.17. The number of para-hydroxylation sites is 2. The number of carbonyl (C=O) groups is 2. The van der Waals surface area contributed by atoms with Crippen molar-refractivity contribution in [1.82, 2.24) is 5.32 Å². The fourth-order valence-electron chi connectivity index (χ4n) is 3.17. The number of nitrogens with zero attached hydrogens (tertiary/aromatic N) is 2. The van der Waals surface area contributed by atoms with E-state index < -0.39 is 10.8 Å². The van der Waals surface area contributed by atoms with Gasteiger partial charge in [0.25, 0.3) is 5.69 Å². The molecule has 1 unspecified atom stereocenters. The fourth-order valence-corrected chi connectivity index (χ4v) is 3.17. The normalized spacial score (nSPS) is 16.1. The summed E-state index contributed by atoms with van der Waals surface area (Å²) >= 11 is 0.